The number of hydrogen-bond donors (Lipinski definition) is 2. The van der Waals surface area contributed by atoms with Crippen LogP contribution in [0.5, 0.6) is 0 Å². The van der Waals surface area contributed by atoms with Crippen LogP contribution in [0.4, 0.5) is 0 Å². The Hall–Kier alpha value is -0.160. The van der Waals surface area contributed by atoms with Crippen molar-refractivity contribution < 1.29 is 20.0 Å². The second kappa shape index (κ2) is 6.32. The molecule has 0 aromatic carbocycles. The van der Waals surface area contributed by atoms with Crippen molar-refractivity contribution in [3.8, 4) is 0 Å². The van der Waals surface area contributed by atoms with Gasteiger partial charge in [0.1, 0.15) is 0 Å². The van der Waals surface area contributed by atoms with E-state index in [4.69, 9.17) is 10.5 Å². The molecule has 0 aliphatic heterocycles. The van der Waals surface area contributed by atoms with Crippen LogP contribution in [0, 0.1) is 0 Å². The fourth-order valence-electron chi connectivity index (χ4n) is 1.86. The predicted molar refractivity (Wildman–Crippen MR) is 51.2 cm³/mol. The summed E-state index contributed by atoms with van der Waals surface area (Å²) in [7, 11) is 6.95. The Labute approximate surface area is 80.2 Å². The Bertz CT molecular complexity index is 117. The van der Waals surface area contributed by atoms with Crippen LogP contribution in [-0.2, 0) is 5.04 Å². The molecule has 4 heteroatoms. The third-order valence-electron chi connectivity index (χ3n) is 2.67. The van der Waals surface area contributed by atoms with Crippen LogP contribution in [-0.4, -0.2) is 42.2 Å². The van der Waals surface area contributed by atoms with Gasteiger partial charge in [-0.3, -0.25) is 0 Å². The van der Waals surface area contributed by atoms with Crippen molar-refractivity contribution in [2.75, 3.05) is 21.1 Å². The molecule has 1 aliphatic rings. The topological polar surface area (TPSA) is 49.7 Å². The molecule has 0 unspecified atom stereocenters. The molecule has 13 heavy (non-hydrogen) atoms. The molecule has 0 heterocycles. The van der Waals surface area contributed by atoms with E-state index < -0.39 is 0 Å². The van der Waals surface area contributed by atoms with Gasteiger partial charge in [0.15, 0.2) is 0 Å². The van der Waals surface area contributed by atoms with Crippen molar-refractivity contribution in [1.29, 1.82) is 0 Å². The molecule has 1 rings (SSSR count). The molecular weight excluding hydrogens is 170 g/mol. The van der Waals surface area contributed by atoms with E-state index in [2.05, 4.69) is 26.2 Å². The molecule has 0 aromatic rings. The van der Waals surface area contributed by atoms with Gasteiger partial charge in [0.25, 0.3) is 0 Å². The van der Waals surface area contributed by atoms with Gasteiger partial charge in [-0.15, -0.1) is 0 Å². The zero-order valence-electron chi connectivity index (χ0n) is 8.86. The third-order valence-corrected chi connectivity index (χ3v) is 2.67. The van der Waals surface area contributed by atoms with Crippen molar-refractivity contribution in [1.82, 2.24) is 0 Å². The number of quaternary nitrogens is 1. The molecule has 80 valence electrons. The molecule has 0 amide bonds. The maximum absolute atomic E-state index is 6.62. The van der Waals surface area contributed by atoms with Gasteiger partial charge in [-0.2, -0.15) is 0 Å². The standard InChI is InChI=1S/C9H20N.H2O3/c1-10(2,3)9-7-5-4-6-8-9;1-3-2/h9H,4-8H2,1-3H3;1-2H/q+1;. The highest BCUT2D eigenvalue weighted by Crippen LogP contribution is 2.23. The Morgan fingerprint density at radius 3 is 1.62 bits per heavy atom. The monoisotopic (exact) mass is 192 g/mol. The fraction of sp³-hybridized carbons (Fsp3) is 1.00. The Morgan fingerprint density at radius 2 is 1.38 bits per heavy atom. The Kier molecular flexibility index (Phi) is 6.24. The zero-order chi connectivity index (χ0) is 10.3. The zero-order valence-corrected chi connectivity index (χ0v) is 8.86. The molecule has 1 aliphatic carbocycles. The second-order valence-electron chi connectivity index (χ2n) is 4.49. The van der Waals surface area contributed by atoms with Gasteiger partial charge < -0.3 is 4.48 Å². The van der Waals surface area contributed by atoms with E-state index in [-0.39, 0.29) is 0 Å². The van der Waals surface area contributed by atoms with Crippen molar-refractivity contribution in [2.45, 2.75) is 38.1 Å². The first-order valence-corrected chi connectivity index (χ1v) is 4.78. The summed E-state index contributed by atoms with van der Waals surface area (Å²) in [6, 6.07) is 0.939. The highest BCUT2D eigenvalue weighted by molar-refractivity contribution is 4.64. The summed E-state index contributed by atoms with van der Waals surface area (Å²) >= 11 is 0. The molecular formula is C9H22NO3+. The van der Waals surface area contributed by atoms with Crippen molar-refractivity contribution in [3.05, 3.63) is 0 Å². The molecule has 0 radical (unpaired) electrons. The van der Waals surface area contributed by atoms with E-state index in [0.717, 1.165) is 6.04 Å². The lowest BCUT2D eigenvalue weighted by Gasteiger charge is -2.36. The smallest absolute Gasteiger partial charge is 0.0884 e. The van der Waals surface area contributed by atoms with Crippen molar-refractivity contribution >= 4 is 0 Å². The first kappa shape index (κ1) is 12.8. The van der Waals surface area contributed by atoms with Crippen LogP contribution in [0.1, 0.15) is 32.1 Å². The van der Waals surface area contributed by atoms with E-state index >= 15 is 0 Å². The van der Waals surface area contributed by atoms with E-state index in [1.165, 1.54) is 36.6 Å². The minimum Gasteiger partial charge on any atom is -0.328 e. The first-order valence-electron chi connectivity index (χ1n) is 4.78. The van der Waals surface area contributed by atoms with Gasteiger partial charge in [-0.25, -0.2) is 10.5 Å². The third kappa shape index (κ3) is 5.99. The molecule has 2 N–H and O–H groups in total. The maximum atomic E-state index is 6.62. The van der Waals surface area contributed by atoms with E-state index in [9.17, 15) is 0 Å². The summed E-state index contributed by atoms with van der Waals surface area (Å²) in [4.78, 5) is 0. The van der Waals surface area contributed by atoms with Gasteiger partial charge in [0, 0.05) is 0 Å². The van der Waals surface area contributed by atoms with E-state index in [0.29, 0.717) is 0 Å². The molecule has 0 bridgehead atoms. The van der Waals surface area contributed by atoms with Gasteiger partial charge in [0.05, 0.1) is 27.2 Å². The Morgan fingerprint density at radius 1 is 1.00 bits per heavy atom. The van der Waals surface area contributed by atoms with Crippen molar-refractivity contribution in [2.24, 2.45) is 0 Å². The lowest BCUT2D eigenvalue weighted by molar-refractivity contribution is -0.897. The summed E-state index contributed by atoms with van der Waals surface area (Å²) in [5.41, 5.74) is 0. The average Bonchev–Trinajstić information content (AvgIpc) is 2.06. The highest BCUT2D eigenvalue weighted by atomic mass is 17.4. The predicted octanol–water partition coefficient (Wildman–Crippen LogP) is 1.97. The summed E-state index contributed by atoms with van der Waals surface area (Å²) in [5, 5.41) is 15.5. The minimum absolute atomic E-state index is 0.939. The second-order valence-corrected chi connectivity index (χ2v) is 4.49. The first-order chi connectivity index (χ1) is 6.02. The van der Waals surface area contributed by atoms with E-state index in [1.54, 1.807) is 0 Å². The maximum Gasteiger partial charge on any atom is 0.0884 e. The fourth-order valence-corrected chi connectivity index (χ4v) is 1.86. The largest absolute Gasteiger partial charge is 0.328 e. The molecule has 1 fully saturated rings. The minimum atomic E-state index is 0.939. The van der Waals surface area contributed by atoms with Crippen LogP contribution < -0.4 is 0 Å². The molecule has 0 aromatic heterocycles. The number of nitrogens with zero attached hydrogens (tertiary/aromatic N) is 1. The normalized spacial score (nSPS) is 19.2. The number of rotatable bonds is 1. The van der Waals surface area contributed by atoms with Gasteiger partial charge >= 0.3 is 0 Å². The summed E-state index contributed by atoms with van der Waals surface area (Å²) in [6.45, 7) is 0. The molecule has 0 atom stereocenters. The molecule has 1 saturated carbocycles. The van der Waals surface area contributed by atoms with Gasteiger partial charge in [-0.05, 0) is 25.7 Å². The number of hydrogen-bond acceptors (Lipinski definition) is 3. The van der Waals surface area contributed by atoms with Gasteiger partial charge in [-0.1, -0.05) is 11.5 Å². The van der Waals surface area contributed by atoms with Crippen LogP contribution in [0.2, 0.25) is 0 Å². The van der Waals surface area contributed by atoms with Crippen LogP contribution >= 0.6 is 0 Å². The summed E-state index contributed by atoms with van der Waals surface area (Å²) < 4.78 is 1.17. The van der Waals surface area contributed by atoms with E-state index in [1.807, 2.05) is 0 Å². The quantitative estimate of drug-likeness (QED) is 0.379. The van der Waals surface area contributed by atoms with Crippen LogP contribution in [0.3, 0.4) is 0 Å². The Balaban J connectivity index is 0.000000424. The summed E-state index contributed by atoms with van der Waals surface area (Å²) in [5.74, 6) is 0. The molecule has 4 nitrogen and oxygen atoms in total. The lowest BCUT2D eigenvalue weighted by Crippen LogP contribution is -2.45. The van der Waals surface area contributed by atoms with Gasteiger partial charge in [0.2, 0.25) is 0 Å². The molecule has 0 saturated heterocycles. The highest BCUT2D eigenvalue weighted by Gasteiger charge is 2.24. The van der Waals surface area contributed by atoms with Crippen molar-refractivity contribution in [3.63, 3.8) is 0 Å². The SMILES string of the molecule is C[N+](C)(C)C1CCCCC1.OOO. The summed E-state index contributed by atoms with van der Waals surface area (Å²) in [6.07, 6.45) is 7.28. The average molecular weight is 192 g/mol. The lowest BCUT2D eigenvalue weighted by atomic mass is 9.94. The van der Waals surface area contributed by atoms with Crippen LogP contribution in [0.15, 0.2) is 0 Å². The molecule has 0 spiro atoms. The van der Waals surface area contributed by atoms with Crippen LogP contribution in [0.25, 0.3) is 0 Å².